The fourth-order valence-corrected chi connectivity index (χ4v) is 5.48. The Balaban J connectivity index is 1.71. The first-order chi connectivity index (χ1) is 20.4. The quantitative estimate of drug-likeness (QED) is 0.318. The Hall–Kier alpha value is -3.99. The summed E-state index contributed by atoms with van der Waals surface area (Å²) in [5, 5.41) is 0.702. The van der Waals surface area contributed by atoms with E-state index in [0.717, 1.165) is 11.3 Å². The number of halogens is 1. The van der Waals surface area contributed by atoms with Gasteiger partial charge >= 0.3 is 0 Å². The molecule has 43 heavy (non-hydrogen) atoms. The van der Waals surface area contributed by atoms with Gasteiger partial charge in [-0.05, 0) is 37.5 Å². The van der Waals surface area contributed by atoms with E-state index in [1.54, 1.807) is 35.8 Å². The number of amides is 1. The zero-order valence-corrected chi connectivity index (χ0v) is 26.2. The smallest absolute Gasteiger partial charge is 0.248 e. The van der Waals surface area contributed by atoms with E-state index in [1.165, 1.54) is 7.11 Å². The number of methoxy groups -OCH3 is 2. The van der Waals surface area contributed by atoms with Crippen molar-refractivity contribution in [1.29, 1.82) is 0 Å². The number of carbonyl (C=O) groups is 2. The van der Waals surface area contributed by atoms with Crippen LogP contribution in [0.1, 0.15) is 50.5 Å². The summed E-state index contributed by atoms with van der Waals surface area (Å²) in [5.41, 5.74) is 8.24. The normalized spacial score (nSPS) is 13.9. The van der Waals surface area contributed by atoms with Crippen LogP contribution in [-0.2, 0) is 21.5 Å². The summed E-state index contributed by atoms with van der Waals surface area (Å²) in [4.78, 5) is 30.1. The molecule has 1 fully saturated rings. The zero-order valence-electron chi connectivity index (χ0n) is 26.2. The number of ketones is 1. The number of hydrogen-bond acceptors (Lipinski definition) is 8. The highest BCUT2D eigenvalue weighted by Crippen LogP contribution is 2.42. The summed E-state index contributed by atoms with van der Waals surface area (Å²) in [5.74, 6) is 0.264. The molecule has 3 aromatic rings. The highest BCUT2D eigenvalue weighted by molar-refractivity contribution is 6.00. The second-order valence-corrected chi connectivity index (χ2v) is 11.5. The minimum Gasteiger partial charge on any atom is -0.494 e. The number of nitrogens with two attached hydrogens (primary N) is 1. The van der Waals surface area contributed by atoms with Crippen LogP contribution in [0.3, 0.4) is 0 Å². The summed E-state index contributed by atoms with van der Waals surface area (Å²) in [6.07, 6.45) is 1.66. The van der Waals surface area contributed by atoms with E-state index in [9.17, 15) is 9.59 Å². The van der Waals surface area contributed by atoms with Gasteiger partial charge in [-0.1, -0.05) is 20.8 Å². The van der Waals surface area contributed by atoms with Gasteiger partial charge < -0.3 is 39.0 Å². The minimum atomic E-state index is -0.614. The number of anilines is 2. The molecule has 1 saturated heterocycles. The Labute approximate surface area is 252 Å². The average Bonchev–Trinajstić information content (AvgIpc) is 3.28. The van der Waals surface area contributed by atoms with E-state index in [2.05, 4.69) is 25.7 Å². The molecular formula is C32H43FN4O6. The molecule has 1 amide bonds. The molecule has 0 saturated carbocycles. The van der Waals surface area contributed by atoms with Crippen LogP contribution in [0, 0.1) is 5.82 Å². The lowest BCUT2D eigenvalue weighted by atomic mass is 9.84. The van der Waals surface area contributed by atoms with Crippen LogP contribution in [-0.4, -0.2) is 81.4 Å². The number of benzene rings is 2. The minimum absolute atomic E-state index is 0.00580. The third-order valence-corrected chi connectivity index (χ3v) is 7.63. The van der Waals surface area contributed by atoms with Crippen molar-refractivity contribution in [2.75, 3.05) is 70.9 Å². The van der Waals surface area contributed by atoms with Gasteiger partial charge in [0.05, 0.1) is 37.9 Å². The van der Waals surface area contributed by atoms with Gasteiger partial charge in [-0.3, -0.25) is 9.59 Å². The van der Waals surface area contributed by atoms with Gasteiger partial charge in [0.2, 0.25) is 5.91 Å². The van der Waals surface area contributed by atoms with Crippen molar-refractivity contribution in [2.24, 2.45) is 0 Å². The molecule has 11 heteroatoms. The van der Waals surface area contributed by atoms with Crippen molar-refractivity contribution in [3.05, 3.63) is 41.3 Å². The number of nitrogen functional groups attached to an aromatic ring is 1. The van der Waals surface area contributed by atoms with Crippen LogP contribution < -0.4 is 24.8 Å². The van der Waals surface area contributed by atoms with E-state index in [1.807, 2.05) is 19.1 Å². The molecule has 234 valence electrons. The van der Waals surface area contributed by atoms with Gasteiger partial charge in [0.1, 0.15) is 18.2 Å². The number of hydrogen-bond donors (Lipinski definition) is 1. The number of fused-ring (bicyclic) bond motifs is 1. The number of piperazine rings is 1. The number of rotatable bonds is 11. The van der Waals surface area contributed by atoms with E-state index in [-0.39, 0.29) is 59.6 Å². The predicted octanol–water partition coefficient (Wildman–Crippen LogP) is 4.64. The van der Waals surface area contributed by atoms with Gasteiger partial charge in [-0.2, -0.15) is 0 Å². The molecule has 0 spiro atoms. The molecule has 2 heterocycles. The van der Waals surface area contributed by atoms with Crippen LogP contribution in [0.2, 0.25) is 0 Å². The molecular weight excluding hydrogens is 555 g/mol. The van der Waals surface area contributed by atoms with Gasteiger partial charge in [0.15, 0.2) is 23.1 Å². The summed E-state index contributed by atoms with van der Waals surface area (Å²) in [6.45, 7) is 12.5. The fraction of sp³-hybridized carbons (Fsp3) is 0.500. The molecule has 0 unspecified atom stereocenters. The summed E-state index contributed by atoms with van der Waals surface area (Å²) >= 11 is 0. The first-order valence-corrected chi connectivity index (χ1v) is 14.6. The third kappa shape index (κ3) is 6.51. The van der Waals surface area contributed by atoms with Crippen molar-refractivity contribution in [2.45, 2.75) is 46.6 Å². The molecule has 2 aromatic carbocycles. The monoisotopic (exact) mass is 598 g/mol. The maximum atomic E-state index is 15.6. The van der Waals surface area contributed by atoms with E-state index in [4.69, 9.17) is 24.7 Å². The first-order valence-electron chi connectivity index (χ1n) is 14.6. The fourth-order valence-electron chi connectivity index (χ4n) is 5.48. The Kier molecular flexibility index (Phi) is 9.74. The van der Waals surface area contributed by atoms with Crippen molar-refractivity contribution < 1.29 is 32.9 Å². The van der Waals surface area contributed by atoms with Crippen LogP contribution in [0.15, 0.2) is 24.4 Å². The lowest BCUT2D eigenvalue weighted by molar-refractivity contribution is -0.135. The van der Waals surface area contributed by atoms with Crippen molar-refractivity contribution in [1.82, 2.24) is 9.47 Å². The average molecular weight is 599 g/mol. The van der Waals surface area contributed by atoms with Crippen molar-refractivity contribution >= 4 is 34.0 Å². The Morgan fingerprint density at radius 1 is 0.977 bits per heavy atom. The number of aromatic nitrogens is 1. The molecule has 2 N–H and O–H groups in total. The Bertz CT molecular complexity index is 1490. The van der Waals surface area contributed by atoms with Crippen LogP contribution >= 0.6 is 0 Å². The number of ether oxygens (including phenoxy) is 4. The van der Waals surface area contributed by atoms with Gasteiger partial charge in [-0.25, -0.2) is 4.39 Å². The van der Waals surface area contributed by atoms with Crippen LogP contribution in [0.5, 0.6) is 17.2 Å². The van der Waals surface area contributed by atoms with Crippen LogP contribution in [0.25, 0.3) is 10.8 Å². The summed E-state index contributed by atoms with van der Waals surface area (Å²) in [6, 6.07) is 5.39. The standard InChI is InChI=1S/C32H43FN4O6/c1-8-42-25-16-21-17-37(31(34)27(21)28(33)30(25)43-9-2)18-24(38)20-14-22(32(3,4)5)29(41-7)23(15-20)35-10-12-36(13-11-35)26(39)19-40-6/h14-17H,8-13,18-19,34H2,1-7H3. The first kappa shape index (κ1) is 31.9. The molecule has 4 rings (SSSR count). The largest absolute Gasteiger partial charge is 0.494 e. The number of nitrogens with zero attached hydrogens (tertiary/aromatic N) is 3. The van der Waals surface area contributed by atoms with Gasteiger partial charge in [0, 0.05) is 56.0 Å². The maximum absolute atomic E-state index is 15.6. The molecule has 1 aliphatic rings. The predicted molar refractivity (Wildman–Crippen MR) is 165 cm³/mol. The Morgan fingerprint density at radius 3 is 2.23 bits per heavy atom. The summed E-state index contributed by atoms with van der Waals surface area (Å²) < 4.78 is 39.2. The second kappa shape index (κ2) is 13.1. The Morgan fingerprint density at radius 2 is 1.65 bits per heavy atom. The maximum Gasteiger partial charge on any atom is 0.248 e. The SMILES string of the molecule is CCOc1cc2cn(CC(=O)c3cc(N4CCN(C(=O)COC)CC4)c(OC)c(C(C)(C)C)c3)c(N)c2c(F)c1OCC. The molecule has 1 aromatic heterocycles. The summed E-state index contributed by atoms with van der Waals surface area (Å²) in [7, 11) is 3.13. The molecule has 1 aliphatic heterocycles. The molecule has 0 radical (unpaired) electrons. The molecule has 10 nitrogen and oxygen atoms in total. The van der Waals surface area contributed by atoms with Crippen molar-refractivity contribution in [3.63, 3.8) is 0 Å². The zero-order chi connectivity index (χ0) is 31.5. The van der Waals surface area contributed by atoms with E-state index >= 15 is 4.39 Å². The van der Waals surface area contributed by atoms with Crippen LogP contribution in [0.4, 0.5) is 15.9 Å². The third-order valence-electron chi connectivity index (χ3n) is 7.63. The van der Waals surface area contributed by atoms with Gasteiger partial charge in [0.25, 0.3) is 0 Å². The molecule has 0 bridgehead atoms. The lowest BCUT2D eigenvalue weighted by Gasteiger charge is -2.38. The van der Waals surface area contributed by atoms with E-state index in [0.29, 0.717) is 49.5 Å². The highest BCUT2D eigenvalue weighted by atomic mass is 19.1. The number of Topliss-reactive ketones (excluding diaryl/α,β-unsaturated/α-hetero) is 1. The molecule has 0 aliphatic carbocycles. The topological polar surface area (TPSA) is 108 Å². The highest BCUT2D eigenvalue weighted by Gasteiger charge is 2.29. The van der Waals surface area contributed by atoms with Crippen molar-refractivity contribution in [3.8, 4) is 17.2 Å². The molecule has 0 atom stereocenters. The van der Waals surface area contributed by atoms with E-state index < -0.39 is 5.82 Å². The number of carbonyl (C=O) groups excluding carboxylic acids is 2. The lowest BCUT2D eigenvalue weighted by Crippen LogP contribution is -2.49. The second-order valence-electron chi connectivity index (χ2n) is 11.5. The van der Waals surface area contributed by atoms with Gasteiger partial charge in [-0.15, -0.1) is 0 Å².